The van der Waals surface area contributed by atoms with Gasteiger partial charge in [-0.15, -0.1) is 0 Å². The second-order valence-corrected chi connectivity index (χ2v) is 3.00. The molecule has 2 nitrogen and oxygen atoms in total. The summed E-state index contributed by atoms with van der Waals surface area (Å²) < 4.78 is 64.0. The van der Waals surface area contributed by atoms with Gasteiger partial charge in [0.1, 0.15) is 0 Å². The van der Waals surface area contributed by atoms with Gasteiger partial charge in [-0.1, -0.05) is 0 Å². The van der Waals surface area contributed by atoms with E-state index in [-0.39, 0.29) is 0 Å². The molecule has 84 valence electrons. The van der Waals surface area contributed by atoms with Gasteiger partial charge in [-0.05, 0) is 0 Å². The van der Waals surface area contributed by atoms with Crippen LogP contribution in [0, 0.1) is 29.1 Å². The van der Waals surface area contributed by atoms with Crippen LogP contribution in [0.25, 0.3) is 11.1 Å². The van der Waals surface area contributed by atoms with Crippen molar-refractivity contribution in [2.75, 3.05) is 0 Å². The van der Waals surface area contributed by atoms with Crippen molar-refractivity contribution < 1.29 is 27.1 Å². The molecule has 0 radical (unpaired) electrons. The van der Waals surface area contributed by atoms with Crippen molar-refractivity contribution in [1.29, 1.82) is 0 Å². The Bertz CT molecular complexity index is 581. The second kappa shape index (κ2) is 3.03. The predicted octanol–water partition coefficient (Wildman–Crippen LogP) is 1.99. The van der Waals surface area contributed by atoms with Crippen LogP contribution in [0.3, 0.4) is 0 Å². The van der Waals surface area contributed by atoms with Gasteiger partial charge in [-0.2, -0.15) is 0 Å². The molecule has 0 saturated carbocycles. The lowest BCUT2D eigenvalue weighted by molar-refractivity contribution is 0.381. The van der Waals surface area contributed by atoms with Gasteiger partial charge in [0.2, 0.25) is 11.2 Å². The first kappa shape index (κ1) is 10.6. The third-order valence-electron chi connectivity index (χ3n) is 2.08. The van der Waals surface area contributed by atoms with Gasteiger partial charge in [0.05, 0.1) is 11.1 Å². The summed E-state index contributed by atoms with van der Waals surface area (Å²) in [6.07, 6.45) is 0. The predicted molar refractivity (Wildman–Crippen MR) is 42.0 cm³/mol. The molecule has 2 aromatic carbocycles. The summed E-state index contributed by atoms with van der Waals surface area (Å²) in [6.45, 7) is 0. The Morgan fingerprint density at radius 1 is 0.688 bits per heavy atom. The van der Waals surface area contributed by atoms with E-state index < -0.39 is 51.4 Å². The fourth-order valence-corrected chi connectivity index (χ4v) is 1.22. The summed E-state index contributed by atoms with van der Waals surface area (Å²) in [5, 5.41) is 8.71. The van der Waals surface area contributed by atoms with Crippen LogP contribution < -0.4 is 5.43 Å². The van der Waals surface area contributed by atoms with Gasteiger partial charge in [-0.3, -0.25) is 4.79 Å². The van der Waals surface area contributed by atoms with Crippen LogP contribution in [-0.4, -0.2) is 5.11 Å². The quantitative estimate of drug-likeness (QED) is 0.467. The van der Waals surface area contributed by atoms with Crippen molar-refractivity contribution in [3.05, 3.63) is 39.3 Å². The van der Waals surface area contributed by atoms with Gasteiger partial charge >= 0.3 is 0 Å². The molecule has 0 heterocycles. The van der Waals surface area contributed by atoms with E-state index in [2.05, 4.69) is 0 Å². The number of aromatic hydroxyl groups is 1. The van der Waals surface area contributed by atoms with Gasteiger partial charge in [0.25, 0.3) is 0 Å². The van der Waals surface area contributed by atoms with E-state index in [9.17, 15) is 26.7 Å². The number of hydrogen-bond acceptors (Lipinski definition) is 2. The highest BCUT2D eigenvalue weighted by Crippen LogP contribution is 2.37. The van der Waals surface area contributed by atoms with Gasteiger partial charge in [0, 0.05) is 0 Å². The first-order chi connectivity index (χ1) is 7.37. The van der Waals surface area contributed by atoms with Crippen molar-refractivity contribution in [3.63, 3.8) is 0 Å². The second-order valence-electron chi connectivity index (χ2n) is 3.00. The van der Waals surface area contributed by atoms with Crippen molar-refractivity contribution in [3.8, 4) is 16.9 Å². The Morgan fingerprint density at radius 3 is 1.31 bits per heavy atom. The summed E-state index contributed by atoms with van der Waals surface area (Å²) >= 11 is 0. The average molecular weight is 236 g/mol. The van der Waals surface area contributed by atoms with Crippen molar-refractivity contribution in [1.82, 2.24) is 0 Å². The molecular weight excluding hydrogens is 235 g/mol. The molecule has 0 atom stereocenters. The summed E-state index contributed by atoms with van der Waals surface area (Å²) in [5.74, 6) is -11.9. The topological polar surface area (TPSA) is 37.3 Å². The average Bonchev–Trinajstić information content (AvgIpc) is 2.83. The van der Waals surface area contributed by atoms with Crippen molar-refractivity contribution >= 4 is 0 Å². The number of hydrogen-bond donors (Lipinski definition) is 1. The molecule has 16 heavy (non-hydrogen) atoms. The summed E-state index contributed by atoms with van der Waals surface area (Å²) in [6, 6.07) is 0. The Labute approximate surface area is 84.2 Å². The lowest BCUT2D eigenvalue weighted by Crippen LogP contribution is -2.03. The normalized spacial score (nSPS) is 11.3. The molecule has 0 bridgehead atoms. The van der Waals surface area contributed by atoms with Crippen LogP contribution in [-0.2, 0) is 0 Å². The zero-order chi connectivity index (χ0) is 12.2. The zero-order valence-corrected chi connectivity index (χ0v) is 7.25. The van der Waals surface area contributed by atoms with E-state index in [1.807, 2.05) is 0 Å². The first-order valence-corrected chi connectivity index (χ1v) is 3.87. The Morgan fingerprint density at radius 2 is 1.00 bits per heavy atom. The van der Waals surface area contributed by atoms with Gasteiger partial charge in [0.15, 0.2) is 29.0 Å². The smallest absolute Gasteiger partial charge is 0.232 e. The van der Waals surface area contributed by atoms with Crippen LogP contribution >= 0.6 is 0 Å². The maximum absolute atomic E-state index is 13.0. The molecule has 0 amide bonds. The van der Waals surface area contributed by atoms with E-state index in [0.29, 0.717) is 0 Å². The van der Waals surface area contributed by atoms with Gasteiger partial charge < -0.3 is 5.11 Å². The monoisotopic (exact) mass is 236 g/mol. The van der Waals surface area contributed by atoms with Crippen molar-refractivity contribution in [2.45, 2.75) is 0 Å². The molecule has 0 aliphatic heterocycles. The van der Waals surface area contributed by atoms with E-state index in [1.165, 1.54) is 0 Å². The van der Waals surface area contributed by atoms with Crippen molar-refractivity contribution in [2.24, 2.45) is 0 Å². The third kappa shape index (κ3) is 1.14. The summed E-state index contributed by atoms with van der Waals surface area (Å²) in [5.41, 5.74) is -3.41. The first-order valence-electron chi connectivity index (χ1n) is 3.87. The lowest BCUT2D eigenvalue weighted by atomic mass is 10.1. The molecule has 0 saturated heterocycles. The molecule has 2 aromatic rings. The molecule has 0 spiro atoms. The molecule has 0 aliphatic carbocycles. The summed E-state index contributed by atoms with van der Waals surface area (Å²) in [7, 11) is 0. The Balaban J connectivity index is 2.82. The van der Waals surface area contributed by atoms with Crippen LogP contribution in [0.4, 0.5) is 22.0 Å². The van der Waals surface area contributed by atoms with E-state index >= 15 is 0 Å². The lowest BCUT2D eigenvalue weighted by Gasteiger charge is -2.03. The minimum atomic E-state index is -2.31. The van der Waals surface area contributed by atoms with Crippen LogP contribution in [0.2, 0.25) is 0 Å². The largest absolute Gasteiger partial charge is 0.504 e. The minimum Gasteiger partial charge on any atom is -0.504 e. The highest BCUT2D eigenvalue weighted by atomic mass is 19.2. The molecule has 0 fully saturated rings. The van der Waals surface area contributed by atoms with Gasteiger partial charge in [-0.25, -0.2) is 22.0 Å². The summed E-state index contributed by atoms with van der Waals surface area (Å²) in [4.78, 5) is 10.6. The highest BCUT2D eigenvalue weighted by Gasteiger charge is 2.34. The SMILES string of the molecule is O=c1c(O)c1-c1c(F)c(F)c(F)c(F)c1F. The molecule has 0 aliphatic rings. The Hall–Kier alpha value is -1.92. The maximum Gasteiger partial charge on any atom is 0.232 e. The standard InChI is InChI=1S/C9HF5O2/c10-3-1(2-8(15)9(2)16)4(11)6(13)7(14)5(3)12/h15H. The van der Waals surface area contributed by atoms with E-state index in [1.54, 1.807) is 0 Å². The number of benzene rings is 1. The third-order valence-corrected chi connectivity index (χ3v) is 2.08. The number of halogens is 5. The number of rotatable bonds is 1. The van der Waals surface area contributed by atoms with Crippen LogP contribution in [0.15, 0.2) is 4.79 Å². The van der Waals surface area contributed by atoms with E-state index in [4.69, 9.17) is 5.11 Å². The molecule has 1 N–H and O–H groups in total. The molecular formula is C9HF5O2. The minimum absolute atomic E-state index is 0.882. The highest BCUT2D eigenvalue weighted by molar-refractivity contribution is 5.80. The van der Waals surface area contributed by atoms with Crippen LogP contribution in [0.1, 0.15) is 0 Å². The molecule has 0 aromatic heterocycles. The fourth-order valence-electron chi connectivity index (χ4n) is 1.22. The zero-order valence-electron chi connectivity index (χ0n) is 7.25. The van der Waals surface area contributed by atoms with E-state index in [0.717, 1.165) is 0 Å². The Kier molecular flexibility index (Phi) is 2.01. The molecule has 7 heteroatoms. The van der Waals surface area contributed by atoms with Crippen LogP contribution in [0.5, 0.6) is 5.75 Å². The molecule has 0 unspecified atom stereocenters. The fraction of sp³-hybridized carbons (Fsp3) is 0. The molecule has 2 rings (SSSR count). The maximum atomic E-state index is 13.0.